The van der Waals surface area contributed by atoms with Gasteiger partial charge in [0.1, 0.15) is 24.4 Å². The van der Waals surface area contributed by atoms with Crippen LogP contribution in [0.4, 0.5) is 19.0 Å². The number of nitrogens with zero attached hydrogens (tertiary/aromatic N) is 3. The summed E-state index contributed by atoms with van der Waals surface area (Å²) in [6.07, 6.45) is 2.98. The number of rotatable bonds is 5. The number of ether oxygens (including phenoxy) is 3. The Morgan fingerprint density at radius 2 is 2.03 bits per heavy atom. The van der Waals surface area contributed by atoms with Crippen LogP contribution in [0, 0.1) is 11.7 Å². The highest BCUT2D eigenvalue weighted by Crippen LogP contribution is 2.47. The SMILES string of the molecule is CC(Oc1cc(-c2cnn(C3COC4OCC(F)(F)C43)c2)cnc1N)c1c(Cl)ccc(F)c1Cl. The summed E-state index contributed by atoms with van der Waals surface area (Å²) in [4.78, 5) is 4.16. The van der Waals surface area contributed by atoms with E-state index in [0.29, 0.717) is 11.1 Å². The van der Waals surface area contributed by atoms with E-state index >= 15 is 0 Å². The molecular formula is C22H19Cl2F3N4O3. The highest BCUT2D eigenvalue weighted by atomic mass is 35.5. The molecule has 4 unspecified atom stereocenters. The molecule has 3 aromatic rings. The van der Waals surface area contributed by atoms with Crippen LogP contribution in [0.25, 0.3) is 11.1 Å². The van der Waals surface area contributed by atoms with Crippen molar-refractivity contribution in [3.05, 3.63) is 58.2 Å². The summed E-state index contributed by atoms with van der Waals surface area (Å²) in [6.45, 7) is 1.04. The Kier molecular flexibility index (Phi) is 5.87. The Bertz CT molecular complexity index is 1240. The lowest BCUT2D eigenvalue weighted by Crippen LogP contribution is -2.34. The summed E-state index contributed by atoms with van der Waals surface area (Å²) in [5, 5.41) is 4.36. The normalized spacial score (nSPS) is 24.2. The first-order chi connectivity index (χ1) is 16.2. The molecule has 0 amide bonds. The third kappa shape index (κ3) is 3.98. The summed E-state index contributed by atoms with van der Waals surface area (Å²) in [7, 11) is 0. The highest BCUT2D eigenvalue weighted by molar-refractivity contribution is 6.36. The first-order valence-corrected chi connectivity index (χ1v) is 11.1. The van der Waals surface area contributed by atoms with Gasteiger partial charge < -0.3 is 19.9 Å². The number of halogens is 5. The number of pyridine rings is 1. The molecule has 0 aliphatic carbocycles. The van der Waals surface area contributed by atoms with E-state index in [1.807, 2.05) is 0 Å². The van der Waals surface area contributed by atoms with Crippen molar-refractivity contribution in [2.75, 3.05) is 18.9 Å². The highest BCUT2D eigenvalue weighted by Gasteiger charge is 2.60. The number of anilines is 1. The fourth-order valence-corrected chi connectivity index (χ4v) is 4.96. The molecule has 2 aliphatic rings. The summed E-state index contributed by atoms with van der Waals surface area (Å²) in [6, 6.07) is 3.51. The Morgan fingerprint density at radius 3 is 2.82 bits per heavy atom. The Hall–Kier alpha value is -2.53. The number of alkyl halides is 2. The first kappa shape index (κ1) is 23.2. The molecule has 12 heteroatoms. The van der Waals surface area contributed by atoms with Gasteiger partial charge in [-0.1, -0.05) is 23.2 Å². The molecule has 4 atom stereocenters. The summed E-state index contributed by atoms with van der Waals surface area (Å²) in [5.74, 6) is -4.43. The number of hydrogen-bond donors (Lipinski definition) is 1. The minimum atomic E-state index is -3.00. The first-order valence-electron chi connectivity index (χ1n) is 10.4. The van der Waals surface area contributed by atoms with Gasteiger partial charge >= 0.3 is 0 Å². The van der Waals surface area contributed by atoms with Crippen molar-refractivity contribution in [1.29, 1.82) is 0 Å². The molecule has 2 aliphatic heterocycles. The van der Waals surface area contributed by atoms with E-state index in [9.17, 15) is 13.2 Å². The molecule has 0 radical (unpaired) electrons. The number of nitrogens with two attached hydrogens (primary N) is 1. The molecule has 5 rings (SSSR count). The van der Waals surface area contributed by atoms with Gasteiger partial charge in [0.25, 0.3) is 5.92 Å². The Balaban J connectivity index is 1.40. The van der Waals surface area contributed by atoms with E-state index in [1.165, 1.54) is 29.2 Å². The van der Waals surface area contributed by atoms with Crippen LogP contribution in [0.15, 0.2) is 36.8 Å². The van der Waals surface area contributed by atoms with Gasteiger partial charge in [0, 0.05) is 34.1 Å². The van der Waals surface area contributed by atoms with Crippen molar-refractivity contribution in [2.24, 2.45) is 5.92 Å². The number of benzene rings is 1. The van der Waals surface area contributed by atoms with Gasteiger partial charge in [-0.3, -0.25) is 4.68 Å². The van der Waals surface area contributed by atoms with E-state index in [2.05, 4.69) is 10.1 Å². The van der Waals surface area contributed by atoms with E-state index < -0.39 is 42.7 Å². The zero-order valence-electron chi connectivity index (χ0n) is 17.7. The van der Waals surface area contributed by atoms with Crippen LogP contribution < -0.4 is 10.5 Å². The fraction of sp³-hybridized carbons (Fsp3) is 0.364. The minimum Gasteiger partial charge on any atom is -0.482 e. The minimum absolute atomic E-state index is 0.0626. The maximum absolute atomic E-state index is 14.3. The van der Waals surface area contributed by atoms with Gasteiger partial charge in [-0.25, -0.2) is 18.2 Å². The van der Waals surface area contributed by atoms with E-state index in [1.54, 1.807) is 19.2 Å². The largest absolute Gasteiger partial charge is 0.482 e. The van der Waals surface area contributed by atoms with Gasteiger partial charge in [0.2, 0.25) is 0 Å². The van der Waals surface area contributed by atoms with Crippen LogP contribution in [-0.2, 0) is 9.47 Å². The second-order valence-corrected chi connectivity index (χ2v) is 8.99. The van der Waals surface area contributed by atoms with Crippen molar-refractivity contribution in [1.82, 2.24) is 14.8 Å². The van der Waals surface area contributed by atoms with Crippen molar-refractivity contribution in [3.8, 4) is 16.9 Å². The van der Waals surface area contributed by atoms with Crippen molar-refractivity contribution in [2.45, 2.75) is 31.3 Å². The molecule has 2 saturated heterocycles. The number of hydrogen-bond acceptors (Lipinski definition) is 6. The van der Waals surface area contributed by atoms with Gasteiger partial charge in [0.05, 0.1) is 23.9 Å². The molecule has 0 bridgehead atoms. The third-order valence-electron chi connectivity index (χ3n) is 6.01. The molecule has 4 heterocycles. The summed E-state index contributed by atoms with van der Waals surface area (Å²) in [5.41, 5.74) is 7.45. The predicted molar refractivity (Wildman–Crippen MR) is 118 cm³/mol. The van der Waals surface area contributed by atoms with Crippen LogP contribution in [0.1, 0.15) is 24.6 Å². The molecule has 2 aromatic heterocycles. The fourth-order valence-electron chi connectivity index (χ4n) is 4.29. The van der Waals surface area contributed by atoms with Gasteiger partial charge in [-0.2, -0.15) is 5.10 Å². The topological polar surface area (TPSA) is 84.4 Å². The standard InChI is InChI=1S/C22H19Cl2F3N4O3/c1-10(17-13(23)2-3-14(25)19(17)24)34-16-4-11(5-29-20(16)28)12-6-30-31(7-12)15-8-32-21-18(15)22(26,27)9-33-21/h2-7,10,15,18,21H,8-9H2,1H3,(H2,28,29). The second-order valence-electron chi connectivity index (χ2n) is 8.20. The van der Waals surface area contributed by atoms with Gasteiger partial charge in [0.15, 0.2) is 17.9 Å². The summed E-state index contributed by atoms with van der Waals surface area (Å²) >= 11 is 12.3. The average molecular weight is 515 g/mol. The maximum Gasteiger partial charge on any atom is 0.280 e. The molecule has 2 fully saturated rings. The lowest BCUT2D eigenvalue weighted by atomic mass is 9.97. The molecule has 2 N–H and O–H groups in total. The Labute approximate surface area is 202 Å². The van der Waals surface area contributed by atoms with Crippen molar-refractivity contribution < 1.29 is 27.4 Å². The zero-order valence-corrected chi connectivity index (χ0v) is 19.2. The third-order valence-corrected chi connectivity index (χ3v) is 6.73. The quantitative estimate of drug-likeness (QED) is 0.465. The Morgan fingerprint density at radius 1 is 1.24 bits per heavy atom. The molecule has 34 heavy (non-hydrogen) atoms. The van der Waals surface area contributed by atoms with E-state index in [4.69, 9.17) is 43.1 Å². The van der Waals surface area contributed by atoms with Crippen LogP contribution in [-0.4, -0.2) is 40.2 Å². The molecule has 0 spiro atoms. The molecule has 7 nitrogen and oxygen atoms in total. The lowest BCUT2D eigenvalue weighted by molar-refractivity contribution is -0.0928. The van der Waals surface area contributed by atoms with Crippen LogP contribution in [0.3, 0.4) is 0 Å². The smallest absolute Gasteiger partial charge is 0.280 e. The van der Waals surface area contributed by atoms with E-state index in [-0.39, 0.29) is 33.8 Å². The average Bonchev–Trinajstić information content (AvgIpc) is 3.50. The summed E-state index contributed by atoms with van der Waals surface area (Å²) < 4.78 is 60.3. The van der Waals surface area contributed by atoms with Gasteiger partial charge in [-0.05, 0) is 25.1 Å². The molecular weight excluding hydrogens is 496 g/mol. The number of nitrogen functional groups attached to an aromatic ring is 1. The second kappa shape index (κ2) is 8.60. The zero-order chi connectivity index (χ0) is 24.2. The monoisotopic (exact) mass is 514 g/mol. The van der Waals surface area contributed by atoms with Crippen molar-refractivity contribution in [3.63, 3.8) is 0 Å². The predicted octanol–water partition coefficient (Wildman–Crippen LogP) is 5.29. The van der Waals surface area contributed by atoms with Crippen molar-refractivity contribution >= 4 is 29.0 Å². The van der Waals surface area contributed by atoms with E-state index in [0.717, 1.165) is 0 Å². The maximum atomic E-state index is 14.3. The van der Waals surface area contributed by atoms with Crippen LogP contribution >= 0.6 is 23.2 Å². The van der Waals surface area contributed by atoms with Crippen LogP contribution in [0.2, 0.25) is 10.0 Å². The number of fused-ring (bicyclic) bond motifs is 1. The molecule has 0 saturated carbocycles. The molecule has 1 aromatic carbocycles. The molecule has 180 valence electrons. The van der Waals surface area contributed by atoms with Crippen LogP contribution in [0.5, 0.6) is 5.75 Å². The number of aromatic nitrogens is 3. The lowest BCUT2D eigenvalue weighted by Gasteiger charge is -2.21. The van der Waals surface area contributed by atoms with Gasteiger partial charge in [-0.15, -0.1) is 0 Å².